The molecule has 0 saturated carbocycles. The maximum Gasteiger partial charge on any atom is 0.307 e. The minimum absolute atomic E-state index is 0.225. The van der Waals surface area contributed by atoms with E-state index in [1.165, 1.54) is 11.3 Å². The average Bonchev–Trinajstić information content (AvgIpc) is 2.64. The van der Waals surface area contributed by atoms with Crippen molar-refractivity contribution in [1.29, 1.82) is 0 Å². The van der Waals surface area contributed by atoms with Crippen molar-refractivity contribution >= 4 is 28.9 Å². The Bertz CT molecular complexity index is 383. The van der Waals surface area contributed by atoms with E-state index in [9.17, 15) is 4.79 Å². The fraction of sp³-hybridized carbons (Fsp3) is 0.600. The van der Waals surface area contributed by atoms with Gasteiger partial charge in [0.2, 0.25) is 0 Å². The zero-order valence-electron chi connectivity index (χ0n) is 8.73. The van der Waals surface area contributed by atoms with Gasteiger partial charge < -0.3 is 5.11 Å². The summed E-state index contributed by atoms with van der Waals surface area (Å²) in [6, 6.07) is 0. The number of carbonyl (C=O) groups is 1. The van der Waals surface area contributed by atoms with Gasteiger partial charge in [0, 0.05) is 24.2 Å². The van der Waals surface area contributed by atoms with Crippen molar-refractivity contribution in [2.24, 2.45) is 5.92 Å². The number of halogens is 1. The van der Waals surface area contributed by atoms with Gasteiger partial charge in [0.05, 0.1) is 5.92 Å². The van der Waals surface area contributed by atoms with E-state index in [0.717, 1.165) is 30.8 Å². The lowest BCUT2D eigenvalue weighted by Crippen LogP contribution is -2.37. The minimum atomic E-state index is -0.688. The van der Waals surface area contributed by atoms with E-state index in [1.807, 2.05) is 0 Å². The SMILES string of the molecule is O=C(O)[C@H]1CCCN(Cc2cnc(Cl)s2)C1. The van der Waals surface area contributed by atoms with Crippen molar-refractivity contribution < 1.29 is 9.90 Å². The molecule has 0 amide bonds. The predicted molar refractivity (Wildman–Crippen MR) is 62.8 cm³/mol. The molecule has 2 rings (SSSR count). The molecule has 0 radical (unpaired) electrons. The quantitative estimate of drug-likeness (QED) is 0.904. The van der Waals surface area contributed by atoms with Crippen LogP contribution in [0.5, 0.6) is 0 Å². The Labute approximate surface area is 103 Å². The number of piperidine rings is 1. The fourth-order valence-corrected chi connectivity index (χ4v) is 3.00. The van der Waals surface area contributed by atoms with E-state index in [1.54, 1.807) is 6.20 Å². The lowest BCUT2D eigenvalue weighted by molar-refractivity contribution is -0.143. The number of likely N-dealkylation sites (tertiary alicyclic amines) is 1. The van der Waals surface area contributed by atoms with Crippen LogP contribution in [-0.4, -0.2) is 34.0 Å². The van der Waals surface area contributed by atoms with Gasteiger partial charge in [0.15, 0.2) is 4.47 Å². The highest BCUT2D eigenvalue weighted by atomic mass is 35.5. The first kappa shape index (κ1) is 11.8. The van der Waals surface area contributed by atoms with E-state index in [2.05, 4.69) is 9.88 Å². The van der Waals surface area contributed by atoms with E-state index >= 15 is 0 Å². The van der Waals surface area contributed by atoms with Crippen LogP contribution in [0.3, 0.4) is 0 Å². The number of aliphatic carboxylic acids is 1. The van der Waals surface area contributed by atoms with Crippen LogP contribution in [0.1, 0.15) is 17.7 Å². The van der Waals surface area contributed by atoms with Crippen LogP contribution < -0.4 is 0 Å². The molecule has 88 valence electrons. The average molecular weight is 261 g/mol. The molecule has 1 atom stereocenters. The summed E-state index contributed by atoms with van der Waals surface area (Å²) in [5.74, 6) is -0.913. The summed E-state index contributed by atoms with van der Waals surface area (Å²) in [6.45, 7) is 2.35. The molecule has 0 spiro atoms. The van der Waals surface area contributed by atoms with Crippen LogP contribution in [0.2, 0.25) is 4.47 Å². The van der Waals surface area contributed by atoms with E-state index in [0.29, 0.717) is 11.0 Å². The molecular weight excluding hydrogens is 248 g/mol. The third-order valence-electron chi connectivity index (χ3n) is 2.76. The Morgan fingerprint density at radius 2 is 2.56 bits per heavy atom. The first-order valence-electron chi connectivity index (χ1n) is 5.20. The minimum Gasteiger partial charge on any atom is -0.481 e. The van der Waals surface area contributed by atoms with Crippen molar-refractivity contribution in [2.75, 3.05) is 13.1 Å². The maximum atomic E-state index is 10.9. The first-order valence-corrected chi connectivity index (χ1v) is 6.40. The van der Waals surface area contributed by atoms with Crippen LogP contribution >= 0.6 is 22.9 Å². The summed E-state index contributed by atoms with van der Waals surface area (Å²) in [6.07, 6.45) is 3.50. The summed E-state index contributed by atoms with van der Waals surface area (Å²) in [5.41, 5.74) is 0. The van der Waals surface area contributed by atoms with Crippen LogP contribution in [0, 0.1) is 5.92 Å². The van der Waals surface area contributed by atoms with Gasteiger partial charge in [-0.2, -0.15) is 0 Å². The van der Waals surface area contributed by atoms with Gasteiger partial charge in [0.25, 0.3) is 0 Å². The molecule has 1 aromatic rings. The molecule has 2 heterocycles. The van der Waals surface area contributed by atoms with Gasteiger partial charge in [-0.25, -0.2) is 4.98 Å². The lowest BCUT2D eigenvalue weighted by atomic mass is 9.98. The second kappa shape index (κ2) is 5.12. The Morgan fingerprint density at radius 1 is 1.75 bits per heavy atom. The third kappa shape index (κ3) is 2.93. The molecule has 0 aromatic carbocycles. The zero-order chi connectivity index (χ0) is 11.5. The number of carboxylic acid groups (broad SMARTS) is 1. The highest BCUT2D eigenvalue weighted by Crippen LogP contribution is 2.23. The summed E-state index contributed by atoms with van der Waals surface area (Å²) in [5, 5.41) is 8.97. The lowest BCUT2D eigenvalue weighted by Gasteiger charge is -2.29. The Hall–Kier alpha value is -0.650. The normalized spacial score (nSPS) is 22.2. The second-order valence-corrected chi connectivity index (χ2v) is 5.69. The number of nitrogens with zero attached hydrogens (tertiary/aromatic N) is 2. The van der Waals surface area contributed by atoms with E-state index in [4.69, 9.17) is 16.7 Å². The summed E-state index contributed by atoms with van der Waals surface area (Å²) in [4.78, 5) is 18.1. The number of aromatic nitrogens is 1. The molecule has 0 bridgehead atoms. The van der Waals surface area contributed by atoms with Gasteiger partial charge in [-0.05, 0) is 19.4 Å². The fourth-order valence-electron chi connectivity index (χ4n) is 1.98. The van der Waals surface area contributed by atoms with E-state index in [-0.39, 0.29) is 5.92 Å². The molecule has 1 saturated heterocycles. The number of hydrogen-bond acceptors (Lipinski definition) is 4. The van der Waals surface area contributed by atoms with E-state index < -0.39 is 5.97 Å². The van der Waals surface area contributed by atoms with Crippen molar-refractivity contribution in [2.45, 2.75) is 19.4 Å². The molecule has 1 aliphatic heterocycles. The van der Waals surface area contributed by atoms with Crippen LogP contribution in [-0.2, 0) is 11.3 Å². The number of rotatable bonds is 3. The Balaban J connectivity index is 1.92. The number of hydrogen-bond donors (Lipinski definition) is 1. The molecule has 1 aromatic heterocycles. The maximum absolute atomic E-state index is 10.9. The molecule has 16 heavy (non-hydrogen) atoms. The molecule has 1 aliphatic rings. The Morgan fingerprint density at radius 3 is 3.19 bits per heavy atom. The van der Waals surface area contributed by atoms with Gasteiger partial charge in [-0.3, -0.25) is 9.69 Å². The zero-order valence-corrected chi connectivity index (χ0v) is 10.3. The molecule has 0 aliphatic carbocycles. The van der Waals surface area contributed by atoms with Gasteiger partial charge in [-0.1, -0.05) is 11.6 Å². The summed E-state index contributed by atoms with van der Waals surface area (Å²) >= 11 is 7.21. The number of thiazole rings is 1. The second-order valence-electron chi connectivity index (χ2n) is 3.99. The molecule has 0 unspecified atom stereocenters. The standard InChI is InChI=1S/C10H13ClN2O2S/c11-10-12-4-8(16-10)6-13-3-1-2-7(5-13)9(14)15/h4,7H,1-3,5-6H2,(H,14,15)/t7-/m0/s1. The van der Waals surface area contributed by atoms with Gasteiger partial charge in [0.1, 0.15) is 0 Å². The van der Waals surface area contributed by atoms with Crippen LogP contribution in [0.15, 0.2) is 6.20 Å². The van der Waals surface area contributed by atoms with Gasteiger partial charge >= 0.3 is 5.97 Å². The largest absolute Gasteiger partial charge is 0.481 e. The third-order valence-corrected chi connectivity index (χ3v) is 3.86. The van der Waals surface area contributed by atoms with Crippen molar-refractivity contribution in [1.82, 2.24) is 9.88 Å². The van der Waals surface area contributed by atoms with Crippen molar-refractivity contribution in [3.05, 3.63) is 15.5 Å². The van der Waals surface area contributed by atoms with Crippen LogP contribution in [0.4, 0.5) is 0 Å². The highest BCUT2D eigenvalue weighted by molar-refractivity contribution is 7.15. The van der Waals surface area contributed by atoms with Crippen molar-refractivity contribution in [3.8, 4) is 0 Å². The Kier molecular flexibility index (Phi) is 3.78. The van der Waals surface area contributed by atoms with Crippen molar-refractivity contribution in [3.63, 3.8) is 0 Å². The molecule has 6 heteroatoms. The molecule has 1 N–H and O–H groups in total. The first-order chi connectivity index (χ1) is 7.65. The molecule has 4 nitrogen and oxygen atoms in total. The summed E-state index contributed by atoms with van der Waals surface area (Å²) in [7, 11) is 0. The predicted octanol–water partition coefficient (Wildman–Crippen LogP) is 2.09. The molecular formula is C10H13ClN2O2S. The highest BCUT2D eigenvalue weighted by Gasteiger charge is 2.25. The topological polar surface area (TPSA) is 53.4 Å². The van der Waals surface area contributed by atoms with Gasteiger partial charge in [-0.15, -0.1) is 11.3 Å². The molecule has 1 fully saturated rings. The smallest absolute Gasteiger partial charge is 0.307 e. The number of carboxylic acids is 1. The van der Waals surface area contributed by atoms with Crippen LogP contribution in [0.25, 0.3) is 0 Å². The summed E-state index contributed by atoms with van der Waals surface area (Å²) < 4.78 is 0.543. The monoisotopic (exact) mass is 260 g/mol.